The predicted molar refractivity (Wildman–Crippen MR) is 67.8 cm³/mol. The number of aliphatic hydroxyl groups is 2. The fraction of sp³-hybridized carbons (Fsp3) is 0.800. The molecule has 2 bridgehead atoms. The van der Waals surface area contributed by atoms with Crippen LogP contribution < -0.4 is 0 Å². The first-order valence-electron chi connectivity index (χ1n) is 6.87. The third kappa shape index (κ3) is 1.03. The molecule has 0 unspecified atom stereocenters. The van der Waals surface area contributed by atoms with Crippen molar-refractivity contribution >= 4 is 5.78 Å². The molecule has 2 N–H and O–H groups in total. The molecule has 3 heteroatoms. The van der Waals surface area contributed by atoms with Gasteiger partial charge in [0.1, 0.15) is 5.60 Å². The SMILES string of the molecule is C[C@@H]1CC=C2[C@H]1C[C@@]1(O)C(=O)C[C@@]2(C)[C@]1(C)CO. The lowest BCUT2D eigenvalue weighted by atomic mass is 9.51. The van der Waals surface area contributed by atoms with Crippen molar-refractivity contribution in [2.45, 2.75) is 45.6 Å². The molecule has 3 nitrogen and oxygen atoms in total. The van der Waals surface area contributed by atoms with Crippen LogP contribution in [-0.2, 0) is 4.79 Å². The van der Waals surface area contributed by atoms with E-state index in [2.05, 4.69) is 19.9 Å². The van der Waals surface area contributed by atoms with Crippen molar-refractivity contribution in [3.8, 4) is 0 Å². The Morgan fingerprint density at radius 2 is 2.11 bits per heavy atom. The minimum Gasteiger partial charge on any atom is -0.396 e. The highest BCUT2D eigenvalue weighted by Gasteiger charge is 2.72. The molecule has 2 saturated carbocycles. The molecular weight excluding hydrogens is 228 g/mol. The molecule has 3 aliphatic carbocycles. The maximum Gasteiger partial charge on any atom is 0.165 e. The van der Waals surface area contributed by atoms with Gasteiger partial charge in [0.05, 0.1) is 6.61 Å². The Bertz CT molecular complexity index is 455. The molecule has 0 aliphatic heterocycles. The molecule has 0 radical (unpaired) electrons. The van der Waals surface area contributed by atoms with Gasteiger partial charge in [0.15, 0.2) is 5.78 Å². The number of Topliss-reactive ketones (excluding diaryl/α,β-unsaturated/α-hetero) is 1. The van der Waals surface area contributed by atoms with E-state index < -0.39 is 11.0 Å². The largest absolute Gasteiger partial charge is 0.396 e. The smallest absolute Gasteiger partial charge is 0.165 e. The summed E-state index contributed by atoms with van der Waals surface area (Å²) in [5.74, 6) is 0.732. The highest BCUT2D eigenvalue weighted by molar-refractivity contribution is 5.93. The van der Waals surface area contributed by atoms with Crippen molar-refractivity contribution in [3.63, 3.8) is 0 Å². The Balaban J connectivity index is 2.20. The Hall–Kier alpha value is -0.670. The molecular formula is C15H22O3. The summed E-state index contributed by atoms with van der Waals surface area (Å²) in [6.45, 7) is 5.98. The van der Waals surface area contributed by atoms with Crippen molar-refractivity contribution in [2.24, 2.45) is 22.7 Å². The maximum absolute atomic E-state index is 12.3. The summed E-state index contributed by atoms with van der Waals surface area (Å²) in [7, 11) is 0. The predicted octanol–water partition coefficient (Wildman–Crippen LogP) is 1.68. The van der Waals surface area contributed by atoms with Gasteiger partial charge in [-0.2, -0.15) is 0 Å². The number of hydrogen-bond acceptors (Lipinski definition) is 3. The molecule has 0 spiro atoms. The van der Waals surface area contributed by atoms with Crippen LogP contribution >= 0.6 is 0 Å². The van der Waals surface area contributed by atoms with Crippen molar-refractivity contribution in [1.82, 2.24) is 0 Å². The van der Waals surface area contributed by atoms with Gasteiger partial charge in [0.2, 0.25) is 0 Å². The Kier molecular flexibility index (Phi) is 2.24. The molecule has 100 valence electrons. The number of ketones is 1. The summed E-state index contributed by atoms with van der Waals surface area (Å²) in [5, 5.41) is 20.7. The van der Waals surface area contributed by atoms with Gasteiger partial charge in [-0.25, -0.2) is 0 Å². The average Bonchev–Trinajstić information content (AvgIpc) is 2.71. The minimum atomic E-state index is -1.34. The molecule has 18 heavy (non-hydrogen) atoms. The van der Waals surface area contributed by atoms with Crippen LogP contribution in [0.4, 0.5) is 0 Å². The number of allylic oxidation sites excluding steroid dienone is 2. The van der Waals surface area contributed by atoms with E-state index in [-0.39, 0.29) is 17.8 Å². The zero-order valence-corrected chi connectivity index (χ0v) is 11.4. The molecule has 0 aromatic carbocycles. The topological polar surface area (TPSA) is 57.5 Å². The van der Waals surface area contributed by atoms with Crippen LogP contribution in [0.25, 0.3) is 0 Å². The molecule has 5 atom stereocenters. The van der Waals surface area contributed by atoms with Crippen LogP contribution in [0.2, 0.25) is 0 Å². The average molecular weight is 250 g/mol. The third-order valence-electron chi connectivity index (χ3n) is 6.37. The number of carbonyl (C=O) groups excluding carboxylic acids is 1. The third-order valence-corrected chi connectivity index (χ3v) is 6.37. The Morgan fingerprint density at radius 1 is 1.44 bits per heavy atom. The van der Waals surface area contributed by atoms with E-state index >= 15 is 0 Å². The lowest BCUT2D eigenvalue weighted by molar-refractivity contribution is -0.162. The number of carbonyl (C=O) groups is 1. The van der Waals surface area contributed by atoms with Crippen LogP contribution in [0, 0.1) is 22.7 Å². The standard InChI is InChI=1S/C15H22O3/c1-9-4-5-11-10(9)6-15(18)12(17)7-13(11,2)14(15,3)8-16/h5,9-10,16,18H,4,6-8H2,1-3H3/t9-,10+,13-,14+,15-/m1/s1. The van der Waals surface area contributed by atoms with Gasteiger partial charge >= 0.3 is 0 Å². The van der Waals surface area contributed by atoms with E-state index in [1.807, 2.05) is 6.92 Å². The van der Waals surface area contributed by atoms with E-state index in [4.69, 9.17) is 0 Å². The van der Waals surface area contributed by atoms with E-state index in [1.54, 1.807) is 0 Å². The fourth-order valence-corrected chi connectivity index (χ4v) is 4.69. The highest BCUT2D eigenvalue weighted by atomic mass is 16.3. The summed E-state index contributed by atoms with van der Waals surface area (Å²) in [6, 6.07) is 0. The van der Waals surface area contributed by atoms with Crippen LogP contribution in [0.5, 0.6) is 0 Å². The summed E-state index contributed by atoms with van der Waals surface area (Å²) >= 11 is 0. The van der Waals surface area contributed by atoms with Gasteiger partial charge in [-0.3, -0.25) is 4.79 Å². The maximum atomic E-state index is 12.3. The molecule has 3 aliphatic rings. The van der Waals surface area contributed by atoms with E-state index in [0.717, 1.165) is 6.42 Å². The molecule has 3 rings (SSSR count). The molecule has 0 heterocycles. The van der Waals surface area contributed by atoms with E-state index in [0.29, 0.717) is 24.7 Å². The van der Waals surface area contributed by atoms with Crippen LogP contribution in [0.15, 0.2) is 11.6 Å². The summed E-state index contributed by atoms with van der Waals surface area (Å²) in [4.78, 5) is 12.3. The second-order valence-corrected chi connectivity index (χ2v) is 6.97. The molecule has 0 aromatic heterocycles. The van der Waals surface area contributed by atoms with Gasteiger partial charge in [-0.15, -0.1) is 0 Å². The Labute approximate surface area is 108 Å². The number of aliphatic hydroxyl groups excluding tert-OH is 1. The van der Waals surface area contributed by atoms with Crippen molar-refractivity contribution < 1.29 is 15.0 Å². The van der Waals surface area contributed by atoms with Gasteiger partial charge in [0.25, 0.3) is 0 Å². The highest BCUT2D eigenvalue weighted by Crippen LogP contribution is 2.69. The lowest BCUT2D eigenvalue weighted by Gasteiger charge is -2.54. The van der Waals surface area contributed by atoms with Gasteiger partial charge in [0, 0.05) is 17.3 Å². The zero-order chi connectivity index (χ0) is 13.3. The van der Waals surface area contributed by atoms with Gasteiger partial charge in [-0.1, -0.05) is 32.4 Å². The number of hydrogen-bond donors (Lipinski definition) is 2. The first-order valence-corrected chi connectivity index (χ1v) is 6.87. The monoisotopic (exact) mass is 250 g/mol. The first-order chi connectivity index (χ1) is 8.30. The normalized spacial score (nSPS) is 54.5. The summed E-state index contributed by atoms with van der Waals surface area (Å²) in [6.07, 6.45) is 4.14. The van der Waals surface area contributed by atoms with Crippen molar-refractivity contribution in [3.05, 3.63) is 11.6 Å². The lowest BCUT2D eigenvalue weighted by Crippen LogP contribution is -2.59. The fourth-order valence-electron chi connectivity index (χ4n) is 4.69. The zero-order valence-electron chi connectivity index (χ0n) is 11.4. The van der Waals surface area contributed by atoms with Crippen molar-refractivity contribution in [2.75, 3.05) is 6.61 Å². The molecule has 0 saturated heterocycles. The minimum absolute atomic E-state index is 0.0796. The summed E-state index contributed by atoms with van der Waals surface area (Å²) in [5.41, 5.74) is -1.14. The first kappa shape index (κ1) is 12.4. The quantitative estimate of drug-likeness (QED) is 0.696. The number of rotatable bonds is 1. The second kappa shape index (κ2) is 3.26. The Morgan fingerprint density at radius 3 is 2.72 bits per heavy atom. The van der Waals surface area contributed by atoms with E-state index in [1.165, 1.54) is 5.57 Å². The number of fused-ring (bicyclic) bond motifs is 4. The van der Waals surface area contributed by atoms with Crippen LogP contribution in [0.1, 0.15) is 40.0 Å². The van der Waals surface area contributed by atoms with Gasteiger partial charge < -0.3 is 10.2 Å². The molecule has 0 aromatic rings. The molecule has 2 fully saturated rings. The van der Waals surface area contributed by atoms with Gasteiger partial charge in [-0.05, 0) is 24.7 Å². The van der Waals surface area contributed by atoms with Crippen LogP contribution in [0.3, 0.4) is 0 Å². The summed E-state index contributed by atoms with van der Waals surface area (Å²) < 4.78 is 0. The molecule has 0 amide bonds. The van der Waals surface area contributed by atoms with Crippen molar-refractivity contribution in [1.29, 1.82) is 0 Å². The van der Waals surface area contributed by atoms with Crippen LogP contribution in [-0.4, -0.2) is 28.2 Å². The van der Waals surface area contributed by atoms with E-state index in [9.17, 15) is 15.0 Å². The second-order valence-electron chi connectivity index (χ2n) is 6.97.